The number of carbonyl (C=O) groups is 2. The second-order valence-corrected chi connectivity index (χ2v) is 11.4. The van der Waals surface area contributed by atoms with Gasteiger partial charge in [-0.2, -0.15) is 9.78 Å². The molecule has 12 nitrogen and oxygen atoms in total. The van der Waals surface area contributed by atoms with Gasteiger partial charge in [0.2, 0.25) is 5.91 Å². The van der Waals surface area contributed by atoms with Crippen LogP contribution in [-0.4, -0.2) is 54.5 Å². The van der Waals surface area contributed by atoms with Crippen molar-refractivity contribution in [3.63, 3.8) is 0 Å². The van der Waals surface area contributed by atoms with Crippen molar-refractivity contribution in [3.05, 3.63) is 93.9 Å². The molecule has 2 heterocycles. The maximum absolute atomic E-state index is 15.1. The van der Waals surface area contributed by atoms with Gasteiger partial charge in [0.1, 0.15) is 6.33 Å². The van der Waals surface area contributed by atoms with Crippen LogP contribution in [-0.2, 0) is 15.1 Å². The number of halogens is 3. The molecule has 46 heavy (non-hydrogen) atoms. The van der Waals surface area contributed by atoms with Crippen LogP contribution in [0.2, 0.25) is 10.2 Å². The third-order valence-corrected chi connectivity index (χ3v) is 8.28. The normalized spacial score (nSPS) is 17.4. The summed E-state index contributed by atoms with van der Waals surface area (Å²) in [6.07, 6.45) is 5.46. The van der Waals surface area contributed by atoms with E-state index in [1.807, 2.05) is 19.9 Å². The number of aromatic nitrogens is 6. The summed E-state index contributed by atoms with van der Waals surface area (Å²) < 4.78 is 21.0. The highest BCUT2D eigenvalue weighted by Crippen LogP contribution is 2.52. The lowest BCUT2D eigenvalue weighted by molar-refractivity contribution is -0.117. The third-order valence-electron chi connectivity index (χ3n) is 7.32. The van der Waals surface area contributed by atoms with Gasteiger partial charge in [0, 0.05) is 34.5 Å². The van der Waals surface area contributed by atoms with Gasteiger partial charge in [-0.05, 0) is 72.7 Å². The number of anilines is 1. The minimum absolute atomic E-state index is 0.0101. The fourth-order valence-electron chi connectivity index (χ4n) is 4.72. The number of carbonyl (C=O) groups excluding carboxylic acids is 2. The van der Waals surface area contributed by atoms with E-state index < -0.39 is 23.4 Å². The molecule has 1 fully saturated rings. The van der Waals surface area contributed by atoms with Crippen LogP contribution in [0.5, 0.6) is 0 Å². The summed E-state index contributed by atoms with van der Waals surface area (Å²) in [6, 6.07) is 11.5. The van der Waals surface area contributed by atoms with Crippen LogP contribution in [0, 0.1) is 11.7 Å². The van der Waals surface area contributed by atoms with E-state index in [0.29, 0.717) is 33.9 Å². The lowest BCUT2D eigenvalue weighted by Crippen LogP contribution is -2.39. The second-order valence-electron chi connectivity index (χ2n) is 10.2. The van der Waals surface area contributed by atoms with Gasteiger partial charge in [0.25, 0.3) is 0 Å². The number of amides is 2. The first-order chi connectivity index (χ1) is 22.1. The number of rotatable bonds is 9. The Bertz CT molecular complexity index is 1870. The van der Waals surface area contributed by atoms with Crippen LogP contribution >= 0.6 is 35.4 Å². The van der Waals surface area contributed by atoms with Gasteiger partial charge in [-0.3, -0.25) is 10.1 Å². The zero-order valence-electron chi connectivity index (χ0n) is 24.6. The fourth-order valence-corrected chi connectivity index (χ4v) is 5.54. The van der Waals surface area contributed by atoms with Gasteiger partial charge in [0.05, 0.1) is 34.0 Å². The molecule has 16 heteroatoms. The molecule has 236 valence electrons. The highest BCUT2D eigenvalue weighted by molar-refractivity contribution is 7.80. The molecule has 1 aliphatic carbocycles. The number of hydrogen-bond acceptors (Lipinski definition) is 9. The summed E-state index contributed by atoms with van der Waals surface area (Å²) in [5.74, 6) is -1.64. The molecule has 1 aliphatic rings. The molecular formula is C30H26Cl2FN9O3S. The smallest absolute Gasteiger partial charge is 0.411 e. The Morgan fingerprint density at radius 2 is 1.93 bits per heavy atom. The summed E-state index contributed by atoms with van der Waals surface area (Å²) in [6.45, 7) is 3.75. The molecule has 5 rings (SSSR count). The van der Waals surface area contributed by atoms with Crippen molar-refractivity contribution in [2.75, 3.05) is 12.4 Å². The predicted octanol–water partition coefficient (Wildman–Crippen LogP) is 5.63. The Labute approximate surface area is 278 Å². The van der Waals surface area contributed by atoms with Crippen molar-refractivity contribution in [2.45, 2.75) is 25.8 Å². The SMILES string of the molecule is C/C=C(/C)NC(=S)[C@@H]1C[C@]1(NC(=O)/C=C/c1c(-n2cnnn2)ccc(Cl)c1F)c1cc(-c2ccc(NC(=O)OC)cc2)c(Cl)nn1. The first-order valence-electron chi connectivity index (χ1n) is 13.7. The number of tetrazole rings is 1. The van der Waals surface area contributed by atoms with Crippen LogP contribution in [0.3, 0.4) is 0 Å². The number of allylic oxidation sites excluding steroid dienone is 2. The zero-order valence-corrected chi connectivity index (χ0v) is 26.9. The van der Waals surface area contributed by atoms with Crippen LogP contribution in [0.15, 0.2) is 66.6 Å². The lowest BCUT2D eigenvalue weighted by Gasteiger charge is -2.20. The Morgan fingerprint density at radius 3 is 2.61 bits per heavy atom. The standard InChI is InChI=1S/C30H26Cl2FN9O3S/c1-4-16(2)35-28(46)21-14-30(21,24-13-20(27(32)39-38-24)17-5-7-18(8-6-17)36-29(44)45-3)37-25(43)12-9-19-23(42-15-34-40-41-42)11-10-22(31)26(19)33/h4-13,15,21H,14H2,1-3H3,(H,35,46)(H,36,44)(H,37,43)/b12-9+,16-4-/t21-,30+/m0/s1. The second kappa shape index (κ2) is 13.7. The average Bonchev–Trinajstić information content (AvgIpc) is 3.51. The third kappa shape index (κ3) is 6.88. The number of hydrogen-bond donors (Lipinski definition) is 3. The van der Waals surface area contributed by atoms with E-state index in [2.05, 4.69) is 46.4 Å². The fraction of sp³-hybridized carbons (Fsp3) is 0.200. The number of thiocarbonyl (C=S) groups is 1. The van der Waals surface area contributed by atoms with Gasteiger partial charge in [-0.15, -0.1) is 10.2 Å². The molecule has 0 bridgehead atoms. The van der Waals surface area contributed by atoms with Gasteiger partial charge in [0.15, 0.2) is 11.0 Å². The number of methoxy groups -OCH3 is 1. The topological polar surface area (TPSA) is 149 Å². The summed E-state index contributed by atoms with van der Waals surface area (Å²) in [5, 5.41) is 28.3. The quantitative estimate of drug-likeness (QED) is 0.150. The predicted molar refractivity (Wildman–Crippen MR) is 175 cm³/mol. The van der Waals surface area contributed by atoms with E-state index in [-0.39, 0.29) is 27.3 Å². The van der Waals surface area contributed by atoms with Gasteiger partial charge >= 0.3 is 6.09 Å². The highest BCUT2D eigenvalue weighted by atomic mass is 35.5. The molecule has 2 aromatic carbocycles. The molecule has 3 N–H and O–H groups in total. The van der Waals surface area contributed by atoms with Crippen molar-refractivity contribution < 1.29 is 18.7 Å². The lowest BCUT2D eigenvalue weighted by atomic mass is 10.0. The summed E-state index contributed by atoms with van der Waals surface area (Å²) in [5.41, 5.74) is 2.24. The molecule has 2 aromatic heterocycles. The van der Waals surface area contributed by atoms with Crippen molar-refractivity contribution in [1.29, 1.82) is 0 Å². The number of nitrogens with one attached hydrogen (secondary N) is 3. The summed E-state index contributed by atoms with van der Waals surface area (Å²) in [4.78, 5) is 25.5. The Morgan fingerprint density at radius 1 is 1.17 bits per heavy atom. The molecule has 0 unspecified atom stereocenters. The number of ether oxygens (including phenoxy) is 1. The molecule has 2 atom stereocenters. The molecule has 2 amide bonds. The first-order valence-corrected chi connectivity index (χ1v) is 14.9. The summed E-state index contributed by atoms with van der Waals surface area (Å²) >= 11 is 18.2. The monoisotopic (exact) mass is 681 g/mol. The van der Waals surface area contributed by atoms with E-state index in [9.17, 15) is 9.59 Å². The van der Waals surface area contributed by atoms with Crippen LogP contribution in [0.4, 0.5) is 14.9 Å². The average molecular weight is 683 g/mol. The largest absolute Gasteiger partial charge is 0.453 e. The molecule has 0 spiro atoms. The molecule has 4 aromatic rings. The van der Waals surface area contributed by atoms with Crippen molar-refractivity contribution in [2.24, 2.45) is 5.92 Å². The number of benzene rings is 2. The van der Waals surface area contributed by atoms with Crippen molar-refractivity contribution in [3.8, 4) is 16.8 Å². The van der Waals surface area contributed by atoms with Crippen LogP contribution in [0.1, 0.15) is 31.5 Å². The molecule has 1 saturated carbocycles. The molecule has 0 radical (unpaired) electrons. The minimum Gasteiger partial charge on any atom is -0.453 e. The maximum Gasteiger partial charge on any atom is 0.411 e. The van der Waals surface area contributed by atoms with Crippen molar-refractivity contribution >= 4 is 64.2 Å². The first kappa shape index (κ1) is 32.6. The Hall–Kier alpha value is -4.79. The summed E-state index contributed by atoms with van der Waals surface area (Å²) in [7, 11) is 1.27. The minimum atomic E-state index is -1.05. The molecule has 0 aliphatic heterocycles. The van der Waals surface area contributed by atoms with Gasteiger partial charge in [-0.1, -0.05) is 53.6 Å². The van der Waals surface area contributed by atoms with Gasteiger partial charge < -0.3 is 15.4 Å². The van der Waals surface area contributed by atoms with E-state index in [4.69, 9.17) is 35.4 Å². The molecule has 0 saturated heterocycles. The van der Waals surface area contributed by atoms with E-state index in [0.717, 1.165) is 5.70 Å². The molecular weight excluding hydrogens is 656 g/mol. The van der Waals surface area contributed by atoms with E-state index in [1.165, 1.54) is 42.4 Å². The Balaban J connectivity index is 1.47. The van der Waals surface area contributed by atoms with Crippen molar-refractivity contribution in [1.82, 2.24) is 41.0 Å². The zero-order chi connectivity index (χ0) is 33.0. The van der Waals surface area contributed by atoms with Crippen LogP contribution in [0.25, 0.3) is 22.9 Å². The van der Waals surface area contributed by atoms with Gasteiger partial charge in [-0.25, -0.2) is 9.18 Å². The van der Waals surface area contributed by atoms with E-state index in [1.54, 1.807) is 30.3 Å². The Kier molecular flexibility index (Phi) is 9.70. The van der Waals surface area contributed by atoms with Crippen LogP contribution < -0.4 is 16.0 Å². The number of nitrogens with zero attached hydrogens (tertiary/aromatic N) is 6. The highest BCUT2D eigenvalue weighted by Gasteiger charge is 2.60. The maximum atomic E-state index is 15.1. The van der Waals surface area contributed by atoms with E-state index >= 15 is 4.39 Å².